The lowest BCUT2D eigenvalue weighted by Crippen LogP contribution is -2.46. The minimum absolute atomic E-state index is 0.0746. The van der Waals surface area contributed by atoms with Crippen LogP contribution in [0.1, 0.15) is 84.9 Å². The fourth-order valence-electron chi connectivity index (χ4n) is 8.20. The van der Waals surface area contributed by atoms with Gasteiger partial charge in [-0.1, -0.05) is 30.3 Å². The molecule has 1 aromatic carbocycles. The molecule has 0 amide bonds. The maximum absolute atomic E-state index is 13.8. The molecule has 2 aromatic heterocycles. The van der Waals surface area contributed by atoms with Crippen molar-refractivity contribution in [2.45, 2.75) is 63.5 Å². The lowest BCUT2D eigenvalue weighted by molar-refractivity contribution is -0.0524. The van der Waals surface area contributed by atoms with E-state index in [0.717, 1.165) is 35.6 Å². The number of nitrogens with one attached hydrogen (secondary N) is 1. The van der Waals surface area contributed by atoms with Crippen LogP contribution in [0.5, 0.6) is 0 Å². The zero-order valence-corrected chi connectivity index (χ0v) is 19.6. The molecule has 2 unspecified atom stereocenters. The van der Waals surface area contributed by atoms with Gasteiger partial charge in [-0.2, -0.15) is 5.10 Å². The van der Waals surface area contributed by atoms with E-state index < -0.39 is 0 Å². The average molecular weight is 453 g/mol. The summed E-state index contributed by atoms with van der Waals surface area (Å²) in [6.07, 6.45) is 15.1. The molecular formula is C29H32N4O. The van der Waals surface area contributed by atoms with Crippen molar-refractivity contribution < 1.29 is 4.79 Å². The normalized spacial score (nSPS) is 33.4. The van der Waals surface area contributed by atoms with Crippen molar-refractivity contribution in [2.24, 2.45) is 23.2 Å². The van der Waals surface area contributed by atoms with Crippen LogP contribution in [0, 0.1) is 23.2 Å². The maximum Gasteiger partial charge on any atom is 0.168 e. The third kappa shape index (κ3) is 3.40. The molecule has 0 spiro atoms. The van der Waals surface area contributed by atoms with Gasteiger partial charge < -0.3 is 5.32 Å². The minimum Gasteiger partial charge on any atom is -0.363 e. The van der Waals surface area contributed by atoms with Crippen LogP contribution in [0.4, 0.5) is 5.82 Å². The van der Waals surface area contributed by atoms with Gasteiger partial charge >= 0.3 is 0 Å². The lowest BCUT2D eigenvalue weighted by atomic mass is 9.48. The predicted molar refractivity (Wildman–Crippen MR) is 132 cm³/mol. The molecule has 1 N–H and O–H groups in total. The lowest BCUT2D eigenvalue weighted by Gasteiger charge is -2.56. The van der Waals surface area contributed by atoms with E-state index in [-0.39, 0.29) is 23.3 Å². The monoisotopic (exact) mass is 452 g/mol. The van der Waals surface area contributed by atoms with Crippen LogP contribution < -0.4 is 5.32 Å². The van der Waals surface area contributed by atoms with E-state index in [4.69, 9.17) is 5.10 Å². The van der Waals surface area contributed by atoms with E-state index in [1.54, 1.807) is 0 Å². The van der Waals surface area contributed by atoms with Crippen LogP contribution in [-0.2, 0) is 0 Å². The number of aromatic nitrogens is 3. The molecule has 4 fully saturated rings. The maximum atomic E-state index is 13.8. The number of anilines is 1. The highest BCUT2D eigenvalue weighted by atomic mass is 16.1. The Bertz CT molecular complexity index is 1170. The molecule has 1 aliphatic heterocycles. The molecular weight excluding hydrogens is 420 g/mol. The van der Waals surface area contributed by atoms with Gasteiger partial charge in [0.1, 0.15) is 5.82 Å². The summed E-state index contributed by atoms with van der Waals surface area (Å²) in [6.45, 7) is 0. The van der Waals surface area contributed by atoms with Gasteiger partial charge in [-0.15, -0.1) is 0 Å². The second-order valence-electron chi connectivity index (χ2n) is 11.5. The highest BCUT2D eigenvalue weighted by Crippen LogP contribution is 2.61. The van der Waals surface area contributed by atoms with E-state index in [1.807, 2.05) is 23.3 Å². The van der Waals surface area contributed by atoms with Gasteiger partial charge in [-0.05, 0) is 91.4 Å². The molecule has 5 nitrogen and oxygen atoms in total. The second-order valence-corrected chi connectivity index (χ2v) is 11.5. The van der Waals surface area contributed by atoms with Crippen molar-refractivity contribution in [1.82, 2.24) is 14.8 Å². The molecule has 5 aliphatic rings. The van der Waals surface area contributed by atoms with Gasteiger partial charge in [-0.3, -0.25) is 9.78 Å². The van der Waals surface area contributed by atoms with Crippen molar-refractivity contribution in [3.63, 3.8) is 0 Å². The third-order valence-electron chi connectivity index (χ3n) is 9.15. The van der Waals surface area contributed by atoms with Crippen LogP contribution >= 0.6 is 0 Å². The Morgan fingerprint density at radius 3 is 2.26 bits per heavy atom. The van der Waals surface area contributed by atoms with Crippen molar-refractivity contribution in [3.8, 4) is 0 Å². The standard InChI is InChI=1S/C29H32N4O/c34-27(17-29-14-19-10-20(15-29)12-21(11-19)16-29)24-18-31-33-26(23-6-8-30-9-7-23)13-25(32-28(24)33)22-4-2-1-3-5-22/h1-9,18-21,25-26,32H,10-17H2. The molecule has 4 bridgehead atoms. The van der Waals surface area contributed by atoms with Crippen LogP contribution in [0.15, 0.2) is 61.1 Å². The molecule has 34 heavy (non-hydrogen) atoms. The molecule has 3 aromatic rings. The van der Waals surface area contributed by atoms with Gasteiger partial charge in [0.05, 0.1) is 23.8 Å². The Hall–Kier alpha value is -2.95. The molecule has 174 valence electrons. The molecule has 4 saturated carbocycles. The number of rotatable bonds is 5. The number of fused-ring (bicyclic) bond motifs is 1. The van der Waals surface area contributed by atoms with Gasteiger partial charge in [0.15, 0.2) is 5.78 Å². The van der Waals surface area contributed by atoms with Crippen molar-refractivity contribution in [2.75, 3.05) is 5.32 Å². The Labute approximate surface area is 201 Å². The fraction of sp³-hybridized carbons (Fsp3) is 0.483. The van der Waals surface area contributed by atoms with E-state index in [1.165, 1.54) is 49.7 Å². The van der Waals surface area contributed by atoms with Gasteiger partial charge in [0.2, 0.25) is 0 Å². The summed E-state index contributed by atoms with van der Waals surface area (Å²) in [5.74, 6) is 3.74. The summed E-state index contributed by atoms with van der Waals surface area (Å²) in [6, 6.07) is 14.9. The van der Waals surface area contributed by atoms with Crippen molar-refractivity contribution >= 4 is 11.6 Å². The molecule has 0 radical (unpaired) electrons. The van der Waals surface area contributed by atoms with Gasteiger partial charge in [0, 0.05) is 18.8 Å². The summed E-state index contributed by atoms with van der Waals surface area (Å²) in [5, 5.41) is 8.49. The summed E-state index contributed by atoms with van der Waals surface area (Å²) >= 11 is 0. The second kappa shape index (κ2) is 7.79. The highest BCUT2D eigenvalue weighted by molar-refractivity contribution is 6.01. The highest BCUT2D eigenvalue weighted by Gasteiger charge is 2.51. The number of carbonyl (C=O) groups is 1. The fourth-order valence-corrected chi connectivity index (χ4v) is 8.20. The summed E-state index contributed by atoms with van der Waals surface area (Å²) in [4.78, 5) is 18.1. The van der Waals surface area contributed by atoms with Gasteiger partial charge in [-0.25, -0.2) is 4.68 Å². The summed E-state index contributed by atoms with van der Waals surface area (Å²) in [7, 11) is 0. The first-order chi connectivity index (χ1) is 16.7. The first-order valence-electron chi connectivity index (χ1n) is 13.0. The number of benzene rings is 1. The number of Topliss-reactive ketones (excluding diaryl/α,β-unsaturated/α-hetero) is 1. The number of nitrogens with zero attached hydrogens (tertiary/aromatic N) is 3. The van der Waals surface area contributed by atoms with E-state index in [9.17, 15) is 4.79 Å². The largest absolute Gasteiger partial charge is 0.363 e. The zero-order chi connectivity index (χ0) is 22.7. The number of hydrogen-bond acceptors (Lipinski definition) is 4. The zero-order valence-electron chi connectivity index (χ0n) is 19.6. The van der Waals surface area contributed by atoms with Gasteiger partial charge in [0.25, 0.3) is 0 Å². The van der Waals surface area contributed by atoms with Crippen LogP contribution in [0.25, 0.3) is 0 Å². The number of pyridine rings is 1. The molecule has 0 saturated heterocycles. The predicted octanol–water partition coefficient (Wildman–Crippen LogP) is 6.21. The Morgan fingerprint density at radius 1 is 0.912 bits per heavy atom. The van der Waals surface area contributed by atoms with Crippen LogP contribution in [0.3, 0.4) is 0 Å². The first-order valence-corrected chi connectivity index (χ1v) is 13.0. The van der Waals surface area contributed by atoms with Crippen molar-refractivity contribution in [3.05, 3.63) is 77.7 Å². The molecule has 4 aliphatic carbocycles. The van der Waals surface area contributed by atoms with E-state index in [0.29, 0.717) is 6.42 Å². The van der Waals surface area contributed by atoms with Crippen LogP contribution in [0.2, 0.25) is 0 Å². The Morgan fingerprint density at radius 2 is 1.59 bits per heavy atom. The SMILES string of the molecule is O=C(CC12CC3CC(CC(C3)C1)C2)c1cnn2c1NC(c1ccccc1)CC2c1ccncc1. The summed E-state index contributed by atoms with van der Waals surface area (Å²) in [5.41, 5.74) is 3.43. The smallest absolute Gasteiger partial charge is 0.168 e. The molecule has 8 rings (SSSR count). The Balaban J connectivity index is 1.23. The number of hydrogen-bond donors (Lipinski definition) is 1. The van der Waals surface area contributed by atoms with E-state index >= 15 is 0 Å². The Kier molecular flexibility index (Phi) is 4.68. The van der Waals surface area contributed by atoms with Crippen LogP contribution in [-0.4, -0.2) is 20.5 Å². The summed E-state index contributed by atoms with van der Waals surface area (Å²) < 4.78 is 2.04. The quantitative estimate of drug-likeness (QED) is 0.467. The molecule has 5 heteroatoms. The third-order valence-corrected chi connectivity index (χ3v) is 9.15. The molecule has 3 heterocycles. The van der Waals surface area contributed by atoms with Crippen molar-refractivity contribution in [1.29, 1.82) is 0 Å². The minimum atomic E-state index is 0.0746. The number of ketones is 1. The average Bonchev–Trinajstić information content (AvgIpc) is 3.28. The molecule has 2 atom stereocenters. The van der Waals surface area contributed by atoms with E-state index in [2.05, 4.69) is 52.8 Å². The first kappa shape index (κ1) is 20.4. The number of carbonyl (C=O) groups excluding carboxylic acids is 1. The topological polar surface area (TPSA) is 59.8 Å².